The molecule has 5 nitrogen and oxygen atoms in total. The number of rotatable bonds is 2. The number of ether oxygens (including phenoxy) is 1. The largest absolute Gasteiger partial charge is 0.495 e. The summed E-state index contributed by atoms with van der Waals surface area (Å²) in [7, 11) is 3.39. The van der Waals surface area contributed by atoms with E-state index in [4.69, 9.17) is 10.1 Å². The Hall–Kier alpha value is -3.34. The molecule has 2 aromatic rings. The molecule has 5 heteroatoms. The van der Waals surface area contributed by atoms with Crippen molar-refractivity contribution in [3.63, 3.8) is 0 Å². The fourth-order valence-corrected chi connectivity index (χ4v) is 3.21. The van der Waals surface area contributed by atoms with Gasteiger partial charge in [-0.15, -0.1) is 0 Å². The van der Waals surface area contributed by atoms with Gasteiger partial charge in [0.05, 0.1) is 18.5 Å². The third-order valence-corrected chi connectivity index (χ3v) is 4.46. The average Bonchev–Trinajstić information content (AvgIpc) is 2.84. The van der Waals surface area contributed by atoms with E-state index in [0.717, 1.165) is 5.39 Å². The second-order valence-electron chi connectivity index (χ2n) is 5.93. The van der Waals surface area contributed by atoms with Crippen LogP contribution >= 0.6 is 0 Å². The molecule has 124 valence electrons. The molecule has 0 saturated carbocycles. The number of fused-ring (bicyclic) bond motifs is 2. The van der Waals surface area contributed by atoms with Crippen molar-refractivity contribution in [3.8, 4) is 22.7 Å². The van der Waals surface area contributed by atoms with E-state index in [1.165, 1.54) is 0 Å². The Morgan fingerprint density at radius 1 is 1.04 bits per heavy atom. The van der Waals surface area contributed by atoms with Crippen LogP contribution in [0.3, 0.4) is 0 Å². The Labute approximate surface area is 144 Å². The van der Waals surface area contributed by atoms with E-state index >= 15 is 0 Å². The minimum absolute atomic E-state index is 0.138. The van der Waals surface area contributed by atoms with Crippen molar-refractivity contribution in [3.05, 3.63) is 76.6 Å². The molecule has 0 saturated heterocycles. The highest BCUT2D eigenvalue weighted by Gasteiger charge is 2.18. The first-order valence-electron chi connectivity index (χ1n) is 7.94. The molecule has 0 fully saturated rings. The number of nitrogens with one attached hydrogen (secondary N) is 1. The summed E-state index contributed by atoms with van der Waals surface area (Å²) < 4.78 is 8.82. The number of hydrogen-bond donors (Lipinski definition) is 1. The molecule has 0 bridgehead atoms. The maximum absolute atomic E-state index is 13.4. The minimum atomic E-state index is -0.138. The first kappa shape index (κ1) is 15.2. The van der Waals surface area contributed by atoms with Gasteiger partial charge in [0, 0.05) is 24.2 Å². The van der Waals surface area contributed by atoms with E-state index in [-0.39, 0.29) is 5.56 Å². The molecule has 0 radical (unpaired) electrons. The second kappa shape index (κ2) is 5.63. The zero-order valence-electron chi connectivity index (χ0n) is 14.0. The molecule has 4 rings (SSSR count). The van der Waals surface area contributed by atoms with E-state index in [9.17, 15) is 4.79 Å². The predicted octanol–water partition coefficient (Wildman–Crippen LogP) is 2.92. The quantitative estimate of drug-likeness (QED) is 0.614. The van der Waals surface area contributed by atoms with Gasteiger partial charge in [-0.3, -0.25) is 14.8 Å². The van der Waals surface area contributed by atoms with Gasteiger partial charge in [0.1, 0.15) is 11.2 Å². The molecule has 0 amide bonds. The molecule has 25 heavy (non-hydrogen) atoms. The lowest BCUT2D eigenvalue weighted by Gasteiger charge is -2.12. The topological polar surface area (TPSA) is 60.0 Å². The number of methoxy groups -OCH3 is 1. The fraction of sp³-hybridized carbons (Fsp3) is 0.100. The minimum Gasteiger partial charge on any atom is -0.495 e. The summed E-state index contributed by atoms with van der Waals surface area (Å²) in [4.78, 5) is 13.4. The van der Waals surface area contributed by atoms with E-state index in [2.05, 4.69) is 0 Å². The first-order valence-corrected chi connectivity index (χ1v) is 7.94. The van der Waals surface area contributed by atoms with Crippen molar-refractivity contribution in [2.75, 3.05) is 7.11 Å². The van der Waals surface area contributed by atoms with Gasteiger partial charge in [0.15, 0.2) is 0 Å². The van der Waals surface area contributed by atoms with Gasteiger partial charge in [-0.25, -0.2) is 0 Å². The van der Waals surface area contributed by atoms with Crippen LogP contribution < -0.4 is 15.8 Å². The van der Waals surface area contributed by atoms with Gasteiger partial charge in [-0.1, -0.05) is 30.3 Å². The highest BCUT2D eigenvalue weighted by molar-refractivity contribution is 5.86. The van der Waals surface area contributed by atoms with Crippen molar-refractivity contribution in [2.24, 2.45) is 7.05 Å². The number of aryl methyl sites for hydroxylation is 1. The molecule has 1 N–H and O–H groups in total. The van der Waals surface area contributed by atoms with E-state index < -0.39 is 0 Å². The Morgan fingerprint density at radius 2 is 1.76 bits per heavy atom. The van der Waals surface area contributed by atoms with Crippen molar-refractivity contribution in [1.82, 2.24) is 9.13 Å². The molecule has 2 aliphatic heterocycles. The van der Waals surface area contributed by atoms with E-state index in [0.29, 0.717) is 33.6 Å². The van der Waals surface area contributed by atoms with Crippen LogP contribution in [0.4, 0.5) is 0 Å². The van der Waals surface area contributed by atoms with Gasteiger partial charge in [0.25, 0.3) is 5.56 Å². The van der Waals surface area contributed by atoms with Crippen molar-refractivity contribution in [2.45, 2.75) is 0 Å². The Balaban J connectivity index is 2.28. The van der Waals surface area contributed by atoms with E-state index in [1.807, 2.05) is 67.8 Å². The summed E-state index contributed by atoms with van der Waals surface area (Å²) in [6.07, 6.45) is 1.81. The van der Waals surface area contributed by atoms with Crippen LogP contribution in [-0.2, 0) is 7.05 Å². The highest BCUT2D eigenvalue weighted by atomic mass is 16.5. The molecule has 0 aliphatic carbocycles. The zero-order valence-corrected chi connectivity index (χ0v) is 14.0. The third-order valence-electron chi connectivity index (χ3n) is 4.46. The smallest absolute Gasteiger partial charge is 0.263 e. The molecule has 0 spiro atoms. The summed E-state index contributed by atoms with van der Waals surface area (Å²) >= 11 is 0. The zero-order chi connectivity index (χ0) is 17.6. The summed E-state index contributed by atoms with van der Waals surface area (Å²) in [5.74, 6) is 0.608. The van der Waals surface area contributed by atoms with Crippen LogP contribution in [0.25, 0.3) is 27.7 Å². The molecular weight excluding hydrogens is 314 g/mol. The molecule has 0 atom stereocenters. The second-order valence-corrected chi connectivity index (χ2v) is 5.93. The number of benzene rings is 2. The van der Waals surface area contributed by atoms with Crippen LogP contribution in [0.1, 0.15) is 0 Å². The SMILES string of the molecule is COc1ccccc1-n1c2cn(C)c(=N)c-2cc2ccccc2c1=O. The number of nitrogens with zero attached hydrogens (tertiary/aromatic N) is 2. The first-order chi connectivity index (χ1) is 12.1. The highest BCUT2D eigenvalue weighted by Crippen LogP contribution is 2.28. The van der Waals surface area contributed by atoms with Crippen LogP contribution in [0.15, 0.2) is 65.6 Å². The molecule has 0 unspecified atom stereocenters. The Bertz CT molecular complexity index is 1190. The molecule has 0 aromatic heterocycles. The van der Waals surface area contributed by atoms with Gasteiger partial charge in [-0.2, -0.15) is 0 Å². The maximum Gasteiger partial charge on any atom is 0.263 e. The average molecular weight is 331 g/mol. The maximum atomic E-state index is 13.4. The molecule has 2 heterocycles. The number of hydrogen-bond acceptors (Lipinski definition) is 3. The fourth-order valence-electron chi connectivity index (χ4n) is 3.21. The van der Waals surface area contributed by atoms with Crippen molar-refractivity contribution >= 4 is 10.8 Å². The predicted molar refractivity (Wildman–Crippen MR) is 97.5 cm³/mol. The van der Waals surface area contributed by atoms with Crippen LogP contribution in [-0.4, -0.2) is 16.2 Å². The summed E-state index contributed by atoms with van der Waals surface area (Å²) in [6, 6.07) is 16.8. The van der Waals surface area contributed by atoms with Crippen LogP contribution in [0.5, 0.6) is 5.75 Å². The van der Waals surface area contributed by atoms with Crippen LogP contribution in [0.2, 0.25) is 0 Å². The standard InChI is InChI=1S/C20H17N3O2/c1-22-12-17-15(19(22)21)11-13-7-3-4-8-14(13)20(24)23(17)16-9-5-6-10-18(16)25-2/h3-12,21H,1-2H3. The lowest BCUT2D eigenvalue weighted by molar-refractivity contribution is 0.413. The molecule has 2 aliphatic rings. The van der Waals surface area contributed by atoms with Crippen molar-refractivity contribution in [1.29, 1.82) is 5.41 Å². The summed E-state index contributed by atoms with van der Waals surface area (Å²) in [6.45, 7) is 0. The number of aromatic nitrogens is 2. The Morgan fingerprint density at radius 3 is 2.56 bits per heavy atom. The third kappa shape index (κ3) is 2.24. The summed E-state index contributed by atoms with van der Waals surface area (Å²) in [5, 5.41) is 9.79. The molecular formula is C20H17N3O2. The summed E-state index contributed by atoms with van der Waals surface area (Å²) in [5.41, 5.74) is 2.27. The lowest BCUT2D eigenvalue weighted by atomic mass is 10.1. The van der Waals surface area contributed by atoms with Crippen molar-refractivity contribution < 1.29 is 4.74 Å². The van der Waals surface area contributed by atoms with E-state index in [1.54, 1.807) is 16.2 Å². The van der Waals surface area contributed by atoms with Gasteiger partial charge >= 0.3 is 0 Å². The van der Waals surface area contributed by atoms with Crippen LogP contribution in [0, 0.1) is 5.41 Å². The normalized spacial score (nSPS) is 11.1. The lowest BCUT2D eigenvalue weighted by Crippen LogP contribution is -2.18. The van der Waals surface area contributed by atoms with Gasteiger partial charge in [-0.05, 0) is 29.7 Å². The van der Waals surface area contributed by atoms with Gasteiger partial charge in [0.2, 0.25) is 0 Å². The monoisotopic (exact) mass is 331 g/mol. The number of para-hydroxylation sites is 2. The van der Waals surface area contributed by atoms with Gasteiger partial charge < -0.3 is 9.30 Å². The Kier molecular flexibility index (Phi) is 3.42. The molecule has 2 aromatic carbocycles.